The Hall–Kier alpha value is -1.89. The molecule has 1 aromatic rings. The number of methoxy groups -OCH3 is 1. The van der Waals surface area contributed by atoms with Crippen LogP contribution in [0.15, 0.2) is 11.4 Å². The lowest BCUT2D eigenvalue weighted by molar-refractivity contribution is -0.151. The Labute approximate surface area is 127 Å². The fourth-order valence-electron chi connectivity index (χ4n) is 2.04. The van der Waals surface area contributed by atoms with Crippen molar-refractivity contribution in [2.75, 3.05) is 12.4 Å². The Bertz CT molecular complexity index is 533. The van der Waals surface area contributed by atoms with E-state index in [0.717, 1.165) is 11.3 Å². The van der Waals surface area contributed by atoms with Crippen LogP contribution >= 0.6 is 11.3 Å². The quantitative estimate of drug-likeness (QED) is 0.755. The van der Waals surface area contributed by atoms with E-state index in [0.29, 0.717) is 23.4 Å². The molecule has 0 spiro atoms. The molecule has 21 heavy (non-hydrogen) atoms. The van der Waals surface area contributed by atoms with Crippen molar-refractivity contribution in [2.24, 2.45) is 5.41 Å². The molecule has 0 radical (unpaired) electrons. The first-order valence-electron chi connectivity index (χ1n) is 6.59. The molecule has 1 rings (SSSR count). The number of amides is 1. The summed E-state index contributed by atoms with van der Waals surface area (Å²) in [6.45, 7) is 3.49. The maximum absolute atomic E-state index is 12.1. The van der Waals surface area contributed by atoms with Gasteiger partial charge in [-0.2, -0.15) is 0 Å². The van der Waals surface area contributed by atoms with Crippen molar-refractivity contribution >= 4 is 34.9 Å². The summed E-state index contributed by atoms with van der Waals surface area (Å²) in [5.41, 5.74) is -0.728. The van der Waals surface area contributed by atoms with E-state index in [1.807, 2.05) is 0 Å². The van der Waals surface area contributed by atoms with Gasteiger partial charge in [0.25, 0.3) is 0 Å². The second kappa shape index (κ2) is 7.21. The molecule has 0 atom stereocenters. The predicted octanol–water partition coefficient (Wildman–Crippen LogP) is 2.75. The highest BCUT2D eigenvalue weighted by molar-refractivity contribution is 7.12. The van der Waals surface area contributed by atoms with Crippen LogP contribution in [0.5, 0.6) is 0 Å². The zero-order valence-electron chi connectivity index (χ0n) is 12.3. The van der Waals surface area contributed by atoms with Crippen molar-refractivity contribution in [2.45, 2.75) is 33.1 Å². The molecule has 0 bridgehead atoms. The normalized spacial score (nSPS) is 11.0. The number of nitrogens with one attached hydrogen (secondary N) is 1. The van der Waals surface area contributed by atoms with Gasteiger partial charge in [-0.25, -0.2) is 4.79 Å². The molecule has 0 saturated carbocycles. The number of hydrogen-bond donors (Lipinski definition) is 2. The van der Waals surface area contributed by atoms with Crippen molar-refractivity contribution in [3.05, 3.63) is 16.3 Å². The van der Waals surface area contributed by atoms with E-state index in [-0.39, 0.29) is 6.42 Å². The monoisotopic (exact) mass is 313 g/mol. The lowest BCUT2D eigenvalue weighted by atomic mass is 9.79. The number of rotatable bonds is 7. The van der Waals surface area contributed by atoms with Gasteiger partial charge in [-0.05, 0) is 24.3 Å². The van der Waals surface area contributed by atoms with Gasteiger partial charge in [0, 0.05) is 6.42 Å². The summed E-state index contributed by atoms with van der Waals surface area (Å²) in [5, 5.41) is 13.6. The average molecular weight is 313 g/mol. The fraction of sp³-hybridized carbons (Fsp3) is 0.500. The first-order chi connectivity index (χ1) is 9.90. The maximum atomic E-state index is 12.1. The maximum Gasteiger partial charge on any atom is 0.350 e. The van der Waals surface area contributed by atoms with Crippen molar-refractivity contribution in [3.8, 4) is 0 Å². The van der Waals surface area contributed by atoms with Crippen LogP contribution in [0.3, 0.4) is 0 Å². The largest absolute Gasteiger partial charge is 0.481 e. The first kappa shape index (κ1) is 17.2. The SMILES string of the molecule is CCC(CC)(CC(=O)Nc1ccsc1C(=O)OC)C(=O)O. The number of carboxylic acids is 1. The average Bonchev–Trinajstić information content (AvgIpc) is 2.91. The van der Waals surface area contributed by atoms with Crippen molar-refractivity contribution < 1.29 is 24.2 Å². The van der Waals surface area contributed by atoms with E-state index in [1.165, 1.54) is 7.11 Å². The minimum atomic E-state index is -1.08. The third kappa shape index (κ3) is 3.81. The van der Waals surface area contributed by atoms with Crippen molar-refractivity contribution in [1.82, 2.24) is 0 Å². The number of ether oxygens (including phenoxy) is 1. The van der Waals surface area contributed by atoms with Crippen LogP contribution in [0, 0.1) is 5.41 Å². The van der Waals surface area contributed by atoms with Crippen LogP contribution in [0.4, 0.5) is 5.69 Å². The molecule has 116 valence electrons. The highest BCUT2D eigenvalue weighted by Gasteiger charge is 2.37. The van der Waals surface area contributed by atoms with Gasteiger partial charge in [0.15, 0.2) is 0 Å². The molecule has 0 aliphatic rings. The van der Waals surface area contributed by atoms with E-state index in [1.54, 1.807) is 25.3 Å². The molecular formula is C14H19NO5S. The number of carboxylic acid groups (broad SMARTS) is 1. The molecule has 7 heteroatoms. The second-order valence-electron chi connectivity index (χ2n) is 4.67. The van der Waals surface area contributed by atoms with Gasteiger partial charge >= 0.3 is 11.9 Å². The fourth-order valence-corrected chi connectivity index (χ4v) is 2.80. The Kier molecular flexibility index (Phi) is 5.90. The van der Waals surface area contributed by atoms with E-state index < -0.39 is 23.3 Å². The summed E-state index contributed by atoms with van der Waals surface area (Å²) >= 11 is 1.15. The van der Waals surface area contributed by atoms with E-state index >= 15 is 0 Å². The Balaban J connectivity index is 2.85. The summed E-state index contributed by atoms with van der Waals surface area (Å²) in [5.74, 6) is -1.94. The van der Waals surface area contributed by atoms with Gasteiger partial charge in [-0.3, -0.25) is 9.59 Å². The number of carbonyl (C=O) groups excluding carboxylic acids is 2. The van der Waals surface area contributed by atoms with Gasteiger partial charge in [-0.1, -0.05) is 13.8 Å². The molecular weight excluding hydrogens is 294 g/mol. The van der Waals surface area contributed by atoms with Crippen molar-refractivity contribution in [1.29, 1.82) is 0 Å². The highest BCUT2D eigenvalue weighted by atomic mass is 32.1. The van der Waals surface area contributed by atoms with Gasteiger partial charge in [-0.15, -0.1) is 11.3 Å². The topological polar surface area (TPSA) is 92.7 Å². The molecule has 2 N–H and O–H groups in total. The summed E-state index contributed by atoms with van der Waals surface area (Å²) in [4.78, 5) is 35.3. The lowest BCUT2D eigenvalue weighted by Crippen LogP contribution is -2.34. The molecule has 1 aromatic heterocycles. The minimum absolute atomic E-state index is 0.133. The smallest absolute Gasteiger partial charge is 0.350 e. The van der Waals surface area contributed by atoms with E-state index in [9.17, 15) is 19.5 Å². The van der Waals surface area contributed by atoms with Crippen LogP contribution < -0.4 is 5.32 Å². The zero-order chi connectivity index (χ0) is 16.0. The molecule has 0 aliphatic carbocycles. The molecule has 6 nitrogen and oxygen atoms in total. The molecule has 1 heterocycles. The molecule has 0 unspecified atom stereocenters. The highest BCUT2D eigenvalue weighted by Crippen LogP contribution is 2.32. The van der Waals surface area contributed by atoms with Gasteiger partial charge in [0.05, 0.1) is 18.2 Å². The number of anilines is 1. The van der Waals surface area contributed by atoms with Crippen LogP contribution in [-0.4, -0.2) is 30.1 Å². The first-order valence-corrected chi connectivity index (χ1v) is 7.47. The van der Waals surface area contributed by atoms with Gasteiger partial charge in [0.1, 0.15) is 4.88 Å². The van der Waals surface area contributed by atoms with Gasteiger partial charge < -0.3 is 15.2 Å². The second-order valence-corrected chi connectivity index (χ2v) is 5.59. The Morgan fingerprint density at radius 2 is 1.95 bits per heavy atom. The molecule has 0 fully saturated rings. The standard InChI is InChI=1S/C14H19NO5S/c1-4-14(5-2,13(18)19)8-10(16)15-9-6-7-21-11(9)12(17)20-3/h6-7H,4-5,8H2,1-3H3,(H,15,16)(H,18,19). The molecule has 1 amide bonds. The van der Waals surface area contributed by atoms with E-state index in [2.05, 4.69) is 10.1 Å². The third-order valence-electron chi connectivity index (χ3n) is 3.62. The van der Waals surface area contributed by atoms with Crippen molar-refractivity contribution in [3.63, 3.8) is 0 Å². The van der Waals surface area contributed by atoms with Gasteiger partial charge in [0.2, 0.25) is 5.91 Å². The molecule has 0 aromatic carbocycles. The molecule has 0 saturated heterocycles. The summed E-state index contributed by atoms with van der Waals surface area (Å²) in [6, 6.07) is 1.59. The summed E-state index contributed by atoms with van der Waals surface area (Å²) in [7, 11) is 1.26. The number of esters is 1. The third-order valence-corrected chi connectivity index (χ3v) is 4.51. The molecule has 0 aliphatic heterocycles. The zero-order valence-corrected chi connectivity index (χ0v) is 13.1. The Morgan fingerprint density at radius 3 is 2.43 bits per heavy atom. The van der Waals surface area contributed by atoms with Crippen LogP contribution in [0.1, 0.15) is 42.8 Å². The van der Waals surface area contributed by atoms with Crippen LogP contribution in [-0.2, 0) is 14.3 Å². The number of aliphatic carboxylic acids is 1. The number of thiophene rings is 1. The summed E-state index contributed by atoms with van der Waals surface area (Å²) < 4.78 is 4.62. The summed E-state index contributed by atoms with van der Waals surface area (Å²) in [6.07, 6.45) is 0.589. The number of hydrogen-bond acceptors (Lipinski definition) is 5. The minimum Gasteiger partial charge on any atom is -0.481 e. The lowest BCUT2D eigenvalue weighted by Gasteiger charge is -2.25. The number of carbonyl (C=O) groups is 3. The predicted molar refractivity (Wildman–Crippen MR) is 79.6 cm³/mol. The van der Waals surface area contributed by atoms with E-state index in [4.69, 9.17) is 0 Å². The Morgan fingerprint density at radius 1 is 1.33 bits per heavy atom. The van der Waals surface area contributed by atoms with Crippen LogP contribution in [0.25, 0.3) is 0 Å². The van der Waals surface area contributed by atoms with Crippen LogP contribution in [0.2, 0.25) is 0 Å².